The number of benzene rings is 1. The van der Waals surface area contributed by atoms with Crippen LogP contribution in [0.3, 0.4) is 0 Å². The maximum atomic E-state index is 13.9. The molecule has 0 aliphatic heterocycles. The van der Waals surface area contributed by atoms with E-state index in [0.29, 0.717) is 27.1 Å². The summed E-state index contributed by atoms with van der Waals surface area (Å²) >= 11 is 1.24. The molecule has 3 rings (SSSR count). The molecule has 6 heteroatoms. The number of rotatable bonds is 3. The lowest BCUT2D eigenvalue weighted by Crippen LogP contribution is -2.13. The van der Waals surface area contributed by atoms with Crippen molar-refractivity contribution >= 4 is 33.0 Å². The highest BCUT2D eigenvalue weighted by Gasteiger charge is 2.18. The van der Waals surface area contributed by atoms with E-state index >= 15 is 0 Å². The number of aryl methyl sites for hydroxylation is 1. The van der Waals surface area contributed by atoms with Gasteiger partial charge in [-0.2, -0.15) is 0 Å². The van der Waals surface area contributed by atoms with Crippen LogP contribution in [0.5, 0.6) is 0 Å². The number of fused-ring (bicyclic) bond motifs is 1. The Balaban J connectivity index is 1.99. The molecule has 0 atom stereocenters. The molecule has 0 spiro atoms. The van der Waals surface area contributed by atoms with Crippen LogP contribution in [0.25, 0.3) is 10.1 Å². The minimum Gasteiger partial charge on any atom is -0.392 e. The van der Waals surface area contributed by atoms with Gasteiger partial charge in [-0.3, -0.25) is 9.78 Å². The highest BCUT2D eigenvalue weighted by Crippen LogP contribution is 2.33. The standard InChI is InChI=1S/C16H13FN2O2S/c1-9-14-11(17)3-2-4-13(14)22-15(9)16(21)19-12-7-18-6-5-10(12)8-20/h2-7,20H,8H2,1H3,(H,19,21). The van der Waals surface area contributed by atoms with Crippen LogP contribution in [0, 0.1) is 12.7 Å². The molecule has 1 aromatic carbocycles. The number of anilines is 1. The maximum absolute atomic E-state index is 13.9. The predicted octanol–water partition coefficient (Wildman–Crippen LogP) is 3.49. The molecule has 0 unspecified atom stereocenters. The lowest BCUT2D eigenvalue weighted by molar-refractivity contribution is 0.103. The van der Waals surface area contributed by atoms with Gasteiger partial charge in [-0.15, -0.1) is 11.3 Å². The van der Waals surface area contributed by atoms with E-state index in [1.165, 1.54) is 23.6 Å². The van der Waals surface area contributed by atoms with Gasteiger partial charge in [0, 0.05) is 21.8 Å². The van der Waals surface area contributed by atoms with Crippen molar-refractivity contribution in [1.29, 1.82) is 0 Å². The van der Waals surface area contributed by atoms with Crippen LogP contribution in [0.4, 0.5) is 10.1 Å². The molecule has 22 heavy (non-hydrogen) atoms. The molecule has 2 heterocycles. The Kier molecular flexibility index (Phi) is 3.87. The van der Waals surface area contributed by atoms with Crippen molar-refractivity contribution in [2.24, 2.45) is 0 Å². The zero-order chi connectivity index (χ0) is 15.7. The SMILES string of the molecule is Cc1c(C(=O)Nc2cnccc2CO)sc2cccc(F)c12. The smallest absolute Gasteiger partial charge is 0.266 e. The van der Waals surface area contributed by atoms with Crippen LogP contribution < -0.4 is 5.32 Å². The first-order chi connectivity index (χ1) is 10.6. The molecule has 1 amide bonds. The molecule has 0 aliphatic rings. The lowest BCUT2D eigenvalue weighted by atomic mass is 10.1. The summed E-state index contributed by atoms with van der Waals surface area (Å²) in [6.45, 7) is 1.53. The number of carbonyl (C=O) groups excluding carboxylic acids is 1. The Morgan fingerprint density at radius 3 is 2.95 bits per heavy atom. The van der Waals surface area contributed by atoms with Gasteiger partial charge in [-0.05, 0) is 30.7 Å². The predicted molar refractivity (Wildman–Crippen MR) is 84.6 cm³/mol. The zero-order valence-corrected chi connectivity index (χ0v) is 12.6. The summed E-state index contributed by atoms with van der Waals surface area (Å²) in [7, 11) is 0. The first-order valence-electron chi connectivity index (χ1n) is 6.64. The summed E-state index contributed by atoms with van der Waals surface area (Å²) in [4.78, 5) is 16.8. The summed E-state index contributed by atoms with van der Waals surface area (Å²) in [6.07, 6.45) is 3.02. The minimum atomic E-state index is -0.333. The van der Waals surface area contributed by atoms with Crippen LogP contribution in [0.2, 0.25) is 0 Å². The fraction of sp³-hybridized carbons (Fsp3) is 0.125. The fourth-order valence-corrected chi connectivity index (χ4v) is 3.44. The van der Waals surface area contributed by atoms with Crippen molar-refractivity contribution in [3.63, 3.8) is 0 Å². The molecule has 112 valence electrons. The van der Waals surface area contributed by atoms with Crippen LogP contribution in [0.15, 0.2) is 36.7 Å². The zero-order valence-electron chi connectivity index (χ0n) is 11.8. The molecule has 2 N–H and O–H groups in total. The second-order valence-electron chi connectivity index (χ2n) is 4.81. The van der Waals surface area contributed by atoms with Crippen LogP contribution in [-0.2, 0) is 6.61 Å². The summed E-state index contributed by atoms with van der Waals surface area (Å²) in [5.74, 6) is -0.663. The van der Waals surface area contributed by atoms with Crippen LogP contribution >= 0.6 is 11.3 Å². The molecule has 0 aliphatic carbocycles. The Morgan fingerprint density at radius 2 is 2.23 bits per heavy atom. The second-order valence-corrected chi connectivity index (χ2v) is 5.87. The van der Waals surface area contributed by atoms with Gasteiger partial charge in [-0.25, -0.2) is 4.39 Å². The Morgan fingerprint density at radius 1 is 1.41 bits per heavy atom. The number of halogens is 1. The largest absolute Gasteiger partial charge is 0.392 e. The number of carbonyl (C=O) groups is 1. The first kappa shape index (κ1) is 14.6. The summed E-state index contributed by atoms with van der Waals surface area (Å²) in [5.41, 5.74) is 1.64. The number of aliphatic hydroxyl groups excluding tert-OH is 1. The number of nitrogens with one attached hydrogen (secondary N) is 1. The van der Waals surface area contributed by atoms with E-state index in [2.05, 4.69) is 10.3 Å². The van der Waals surface area contributed by atoms with E-state index in [-0.39, 0.29) is 18.3 Å². The van der Waals surface area contributed by atoms with Gasteiger partial charge in [0.15, 0.2) is 0 Å². The molecule has 0 fully saturated rings. The van der Waals surface area contributed by atoms with Crippen LogP contribution in [-0.4, -0.2) is 16.0 Å². The molecular formula is C16H13FN2O2S. The number of pyridine rings is 1. The molecular weight excluding hydrogens is 303 g/mol. The van der Waals surface area contributed by atoms with E-state index in [9.17, 15) is 14.3 Å². The van der Waals surface area contributed by atoms with Crippen molar-refractivity contribution in [2.45, 2.75) is 13.5 Å². The third-order valence-electron chi connectivity index (χ3n) is 3.44. The lowest BCUT2D eigenvalue weighted by Gasteiger charge is -2.08. The quantitative estimate of drug-likeness (QED) is 0.777. The van der Waals surface area contributed by atoms with Gasteiger partial charge in [0.25, 0.3) is 5.91 Å². The highest BCUT2D eigenvalue weighted by molar-refractivity contribution is 7.21. The van der Waals surface area contributed by atoms with Gasteiger partial charge in [-0.1, -0.05) is 6.07 Å². The summed E-state index contributed by atoms with van der Waals surface area (Å²) in [6, 6.07) is 6.43. The van der Waals surface area contributed by atoms with E-state index in [1.54, 1.807) is 31.3 Å². The van der Waals surface area contributed by atoms with Crippen molar-refractivity contribution < 1.29 is 14.3 Å². The number of aromatic nitrogens is 1. The van der Waals surface area contributed by atoms with Gasteiger partial charge in [0.1, 0.15) is 5.82 Å². The number of hydrogen-bond acceptors (Lipinski definition) is 4. The highest BCUT2D eigenvalue weighted by atomic mass is 32.1. The monoisotopic (exact) mass is 316 g/mol. The second kappa shape index (κ2) is 5.82. The molecule has 0 saturated heterocycles. The number of hydrogen-bond donors (Lipinski definition) is 2. The number of amides is 1. The Bertz CT molecular complexity index is 860. The normalized spacial score (nSPS) is 10.9. The molecule has 0 bridgehead atoms. The van der Waals surface area contributed by atoms with Gasteiger partial charge in [0.2, 0.25) is 0 Å². The number of aliphatic hydroxyl groups is 1. The van der Waals surface area contributed by atoms with Gasteiger partial charge in [0.05, 0.1) is 23.4 Å². The average Bonchev–Trinajstić information content (AvgIpc) is 2.86. The van der Waals surface area contributed by atoms with E-state index < -0.39 is 0 Å². The molecule has 0 radical (unpaired) electrons. The van der Waals surface area contributed by atoms with E-state index in [4.69, 9.17) is 0 Å². The third-order valence-corrected chi connectivity index (χ3v) is 4.69. The topological polar surface area (TPSA) is 62.2 Å². The molecule has 3 aromatic rings. The Labute approximate surface area is 130 Å². The van der Waals surface area contributed by atoms with Crippen molar-refractivity contribution in [2.75, 3.05) is 5.32 Å². The third kappa shape index (κ3) is 2.47. The van der Waals surface area contributed by atoms with Crippen molar-refractivity contribution in [1.82, 2.24) is 4.98 Å². The van der Waals surface area contributed by atoms with Gasteiger partial charge >= 0.3 is 0 Å². The van der Waals surface area contributed by atoms with Crippen molar-refractivity contribution in [3.05, 3.63) is 58.5 Å². The molecule has 2 aromatic heterocycles. The maximum Gasteiger partial charge on any atom is 0.266 e. The first-order valence-corrected chi connectivity index (χ1v) is 7.46. The number of nitrogens with zero attached hydrogens (tertiary/aromatic N) is 1. The minimum absolute atomic E-state index is 0.196. The van der Waals surface area contributed by atoms with Crippen molar-refractivity contribution in [3.8, 4) is 0 Å². The fourth-order valence-electron chi connectivity index (χ4n) is 2.32. The summed E-state index contributed by atoms with van der Waals surface area (Å²) in [5, 5.41) is 12.5. The Hall–Kier alpha value is -2.31. The van der Waals surface area contributed by atoms with E-state index in [0.717, 1.165) is 4.70 Å². The van der Waals surface area contributed by atoms with Gasteiger partial charge < -0.3 is 10.4 Å². The number of thiophene rings is 1. The molecule has 4 nitrogen and oxygen atoms in total. The van der Waals surface area contributed by atoms with E-state index in [1.807, 2.05) is 0 Å². The molecule has 0 saturated carbocycles. The summed E-state index contributed by atoms with van der Waals surface area (Å²) < 4.78 is 14.6. The van der Waals surface area contributed by atoms with Crippen LogP contribution in [0.1, 0.15) is 20.8 Å². The average molecular weight is 316 g/mol.